The van der Waals surface area contributed by atoms with Gasteiger partial charge in [0, 0.05) is 30.1 Å². The van der Waals surface area contributed by atoms with Gasteiger partial charge in [-0.1, -0.05) is 12.1 Å². The average molecular weight is 436 g/mol. The Bertz CT molecular complexity index is 940. The fraction of sp³-hybridized carbons (Fsp3) is 0.333. The van der Waals surface area contributed by atoms with Crippen molar-refractivity contribution in [3.05, 3.63) is 53.3 Å². The molecule has 2 aliphatic heterocycles. The molecule has 0 aromatic heterocycles. The molecule has 1 unspecified atom stereocenters. The molecule has 2 aliphatic rings. The van der Waals surface area contributed by atoms with Gasteiger partial charge >= 0.3 is 0 Å². The van der Waals surface area contributed by atoms with Crippen molar-refractivity contribution >= 4 is 47.4 Å². The average Bonchev–Trinajstić information content (AvgIpc) is 3.12. The van der Waals surface area contributed by atoms with Crippen LogP contribution in [0, 0.1) is 11.7 Å². The summed E-state index contributed by atoms with van der Waals surface area (Å²) in [5.74, 6) is -1.26. The number of anilines is 2. The zero-order valence-electron chi connectivity index (χ0n) is 16.0. The second-order valence-electron chi connectivity index (χ2n) is 7.09. The standard InChI is InChI=1S/C21H22FN3O2S.ClH/c1-28-16-4-2-3-15(10-16)25-12-14(9-19(25)26)21(27)24-18-6-5-13-11-23-8-7-17(13)20(18)22;/h2-6,10,14,23H,7-9,11-12H2,1H3,(H,24,27);1H. The molecule has 29 heavy (non-hydrogen) atoms. The number of thioether (sulfide) groups is 1. The first kappa shape index (κ1) is 21.6. The minimum absolute atomic E-state index is 0. The number of nitrogens with one attached hydrogen (secondary N) is 2. The lowest BCUT2D eigenvalue weighted by atomic mass is 9.99. The summed E-state index contributed by atoms with van der Waals surface area (Å²) in [7, 11) is 0. The normalized spacial score (nSPS) is 18.2. The number of hydrogen-bond donors (Lipinski definition) is 2. The van der Waals surface area contributed by atoms with Crippen molar-refractivity contribution in [1.82, 2.24) is 5.32 Å². The zero-order chi connectivity index (χ0) is 19.7. The highest BCUT2D eigenvalue weighted by Crippen LogP contribution is 2.30. The lowest BCUT2D eigenvalue weighted by molar-refractivity contribution is -0.122. The third kappa shape index (κ3) is 4.42. The SMILES string of the molecule is CSc1cccc(N2CC(C(=O)Nc3ccc4c(c3F)CCNC4)CC2=O)c1.Cl. The Hall–Kier alpha value is -2.09. The van der Waals surface area contributed by atoms with Crippen LogP contribution in [0.2, 0.25) is 0 Å². The maximum atomic E-state index is 14.8. The number of carbonyl (C=O) groups is 2. The largest absolute Gasteiger partial charge is 0.323 e. The first-order chi connectivity index (χ1) is 13.6. The predicted octanol–water partition coefficient (Wildman–Crippen LogP) is 3.61. The summed E-state index contributed by atoms with van der Waals surface area (Å²) in [6.07, 6.45) is 2.71. The lowest BCUT2D eigenvalue weighted by Gasteiger charge is -2.20. The molecule has 5 nitrogen and oxygen atoms in total. The number of amides is 2. The summed E-state index contributed by atoms with van der Waals surface area (Å²) >= 11 is 1.60. The van der Waals surface area contributed by atoms with Crippen LogP contribution in [0.25, 0.3) is 0 Å². The topological polar surface area (TPSA) is 61.4 Å². The molecule has 154 valence electrons. The van der Waals surface area contributed by atoms with E-state index < -0.39 is 5.92 Å². The molecule has 2 amide bonds. The van der Waals surface area contributed by atoms with Gasteiger partial charge < -0.3 is 15.5 Å². The number of halogens is 2. The van der Waals surface area contributed by atoms with Crippen LogP contribution in [-0.2, 0) is 22.6 Å². The van der Waals surface area contributed by atoms with E-state index >= 15 is 0 Å². The number of hydrogen-bond acceptors (Lipinski definition) is 4. The Morgan fingerprint density at radius 2 is 2.14 bits per heavy atom. The summed E-state index contributed by atoms with van der Waals surface area (Å²) in [5, 5.41) is 5.91. The summed E-state index contributed by atoms with van der Waals surface area (Å²) in [5.41, 5.74) is 2.58. The summed E-state index contributed by atoms with van der Waals surface area (Å²) in [6, 6.07) is 11.2. The van der Waals surface area contributed by atoms with Crippen molar-refractivity contribution in [1.29, 1.82) is 0 Å². The second-order valence-corrected chi connectivity index (χ2v) is 7.97. The molecule has 2 aromatic rings. The molecule has 2 heterocycles. The number of benzene rings is 2. The highest BCUT2D eigenvalue weighted by Gasteiger charge is 2.35. The minimum atomic E-state index is -0.498. The van der Waals surface area contributed by atoms with Crippen LogP contribution < -0.4 is 15.5 Å². The van der Waals surface area contributed by atoms with Crippen molar-refractivity contribution in [2.24, 2.45) is 5.92 Å². The molecule has 0 spiro atoms. The van der Waals surface area contributed by atoms with Gasteiger partial charge in [-0.2, -0.15) is 0 Å². The van der Waals surface area contributed by atoms with Gasteiger partial charge in [0.15, 0.2) is 0 Å². The second kappa shape index (κ2) is 9.15. The van der Waals surface area contributed by atoms with E-state index in [0.717, 1.165) is 22.7 Å². The van der Waals surface area contributed by atoms with Crippen molar-refractivity contribution in [3.8, 4) is 0 Å². The van der Waals surface area contributed by atoms with E-state index in [4.69, 9.17) is 0 Å². The minimum Gasteiger partial charge on any atom is -0.323 e. The fourth-order valence-electron chi connectivity index (χ4n) is 3.78. The van der Waals surface area contributed by atoms with Gasteiger partial charge in [0.1, 0.15) is 5.82 Å². The Labute approximate surface area is 179 Å². The van der Waals surface area contributed by atoms with Crippen LogP contribution in [-0.4, -0.2) is 31.2 Å². The number of carbonyl (C=O) groups excluding carboxylic acids is 2. The number of rotatable bonds is 4. The molecule has 2 N–H and O–H groups in total. The van der Waals surface area contributed by atoms with Crippen LogP contribution >= 0.6 is 24.2 Å². The van der Waals surface area contributed by atoms with E-state index in [1.807, 2.05) is 36.6 Å². The molecule has 0 aliphatic carbocycles. The first-order valence-electron chi connectivity index (χ1n) is 9.33. The Morgan fingerprint density at radius 3 is 2.93 bits per heavy atom. The van der Waals surface area contributed by atoms with Gasteiger partial charge in [-0.3, -0.25) is 9.59 Å². The molecule has 2 aromatic carbocycles. The predicted molar refractivity (Wildman–Crippen MR) is 116 cm³/mol. The van der Waals surface area contributed by atoms with E-state index in [1.165, 1.54) is 0 Å². The van der Waals surface area contributed by atoms with Crippen LogP contribution in [0.5, 0.6) is 0 Å². The van der Waals surface area contributed by atoms with Crippen molar-refractivity contribution in [3.63, 3.8) is 0 Å². The smallest absolute Gasteiger partial charge is 0.229 e. The monoisotopic (exact) mass is 435 g/mol. The first-order valence-corrected chi connectivity index (χ1v) is 10.6. The Balaban J connectivity index is 0.00000240. The van der Waals surface area contributed by atoms with Gasteiger partial charge in [-0.25, -0.2) is 4.39 Å². The number of nitrogens with zero attached hydrogens (tertiary/aromatic N) is 1. The van der Waals surface area contributed by atoms with Crippen LogP contribution in [0.1, 0.15) is 17.5 Å². The molecule has 1 saturated heterocycles. The van der Waals surface area contributed by atoms with E-state index in [-0.39, 0.29) is 42.1 Å². The van der Waals surface area contributed by atoms with Gasteiger partial charge in [0.05, 0.1) is 11.6 Å². The van der Waals surface area contributed by atoms with Gasteiger partial charge in [-0.05, 0) is 54.6 Å². The highest BCUT2D eigenvalue weighted by atomic mass is 35.5. The molecule has 0 saturated carbocycles. The highest BCUT2D eigenvalue weighted by molar-refractivity contribution is 7.98. The van der Waals surface area contributed by atoms with Crippen molar-refractivity contribution in [2.45, 2.75) is 24.3 Å². The fourth-order valence-corrected chi connectivity index (χ4v) is 4.23. The van der Waals surface area contributed by atoms with E-state index in [9.17, 15) is 14.0 Å². The van der Waals surface area contributed by atoms with Gasteiger partial charge in [-0.15, -0.1) is 24.2 Å². The molecule has 0 bridgehead atoms. The molecular formula is C21H23ClFN3O2S. The van der Waals surface area contributed by atoms with Crippen LogP contribution in [0.3, 0.4) is 0 Å². The van der Waals surface area contributed by atoms with Gasteiger partial charge in [0.2, 0.25) is 11.8 Å². The third-order valence-electron chi connectivity index (χ3n) is 5.33. The van der Waals surface area contributed by atoms with Gasteiger partial charge in [0.25, 0.3) is 0 Å². The molecule has 8 heteroatoms. The zero-order valence-corrected chi connectivity index (χ0v) is 17.7. The Morgan fingerprint density at radius 1 is 1.31 bits per heavy atom. The molecule has 1 fully saturated rings. The molecular weight excluding hydrogens is 413 g/mol. The molecule has 4 rings (SSSR count). The third-order valence-corrected chi connectivity index (χ3v) is 6.05. The number of fused-ring (bicyclic) bond motifs is 1. The summed E-state index contributed by atoms with van der Waals surface area (Å²) in [4.78, 5) is 27.9. The van der Waals surface area contributed by atoms with Crippen LogP contribution in [0.4, 0.5) is 15.8 Å². The maximum Gasteiger partial charge on any atom is 0.229 e. The quantitative estimate of drug-likeness (QED) is 0.720. The maximum absolute atomic E-state index is 14.8. The summed E-state index contributed by atoms with van der Waals surface area (Å²) < 4.78 is 14.8. The van der Waals surface area contributed by atoms with Crippen molar-refractivity contribution < 1.29 is 14.0 Å². The van der Waals surface area contributed by atoms with E-state index in [2.05, 4.69) is 10.6 Å². The molecule has 1 atom stereocenters. The van der Waals surface area contributed by atoms with Crippen molar-refractivity contribution in [2.75, 3.05) is 29.6 Å². The lowest BCUT2D eigenvalue weighted by Crippen LogP contribution is -2.29. The van der Waals surface area contributed by atoms with E-state index in [1.54, 1.807) is 22.7 Å². The molecule has 0 radical (unpaired) electrons. The van der Waals surface area contributed by atoms with Crippen LogP contribution in [0.15, 0.2) is 41.3 Å². The van der Waals surface area contributed by atoms with E-state index in [0.29, 0.717) is 25.1 Å². The Kier molecular flexibility index (Phi) is 6.82. The summed E-state index contributed by atoms with van der Waals surface area (Å²) in [6.45, 7) is 1.67.